The lowest BCUT2D eigenvalue weighted by atomic mass is 9.68. The molecule has 1 aliphatic rings. The molecule has 0 aromatic rings. The Morgan fingerprint density at radius 3 is 2.44 bits per heavy atom. The van der Waals surface area contributed by atoms with E-state index in [-0.39, 0.29) is 0 Å². The lowest BCUT2D eigenvalue weighted by molar-refractivity contribution is -0.126. The van der Waals surface area contributed by atoms with E-state index in [1.807, 2.05) is 0 Å². The van der Waals surface area contributed by atoms with Gasteiger partial charge >= 0.3 is 0 Å². The third kappa shape index (κ3) is 5.09. The Morgan fingerprint density at radius 1 is 1.17 bits per heavy atom. The largest absolute Gasteiger partial charge is 0.396 e. The topological polar surface area (TPSA) is 37.3 Å². The summed E-state index contributed by atoms with van der Waals surface area (Å²) in [6, 6.07) is 0. The minimum Gasteiger partial charge on any atom is -0.396 e. The van der Waals surface area contributed by atoms with Crippen LogP contribution in [0.2, 0.25) is 0 Å². The minimum absolute atomic E-state index is 0.300. The fourth-order valence-electron chi connectivity index (χ4n) is 3.03. The van der Waals surface area contributed by atoms with Crippen LogP contribution in [0, 0.1) is 17.3 Å². The average Bonchev–Trinajstić information content (AvgIpc) is 2.29. The Balaban J connectivity index is 2.32. The molecule has 2 nitrogen and oxygen atoms in total. The van der Waals surface area contributed by atoms with Crippen molar-refractivity contribution in [1.29, 1.82) is 0 Å². The Morgan fingerprint density at radius 2 is 1.83 bits per heavy atom. The summed E-state index contributed by atoms with van der Waals surface area (Å²) in [6.07, 6.45) is 8.35. The Hall–Kier alpha value is -0.370. The third-order valence-electron chi connectivity index (χ3n) is 4.45. The van der Waals surface area contributed by atoms with Gasteiger partial charge in [0.1, 0.15) is 5.78 Å². The highest BCUT2D eigenvalue weighted by molar-refractivity contribution is 5.81. The van der Waals surface area contributed by atoms with Gasteiger partial charge in [-0.1, -0.05) is 40.0 Å². The van der Waals surface area contributed by atoms with Crippen LogP contribution in [0.5, 0.6) is 0 Å². The number of hydrogen-bond acceptors (Lipinski definition) is 2. The molecule has 2 atom stereocenters. The molecule has 2 unspecified atom stereocenters. The molecule has 0 bridgehead atoms. The van der Waals surface area contributed by atoms with Crippen molar-refractivity contribution in [2.75, 3.05) is 6.61 Å². The van der Waals surface area contributed by atoms with Crippen LogP contribution in [0.15, 0.2) is 0 Å². The van der Waals surface area contributed by atoms with Gasteiger partial charge in [0.2, 0.25) is 0 Å². The molecule has 1 rings (SSSR count). The molecular weight excluding hydrogens is 224 g/mol. The first kappa shape index (κ1) is 15.7. The van der Waals surface area contributed by atoms with Crippen molar-refractivity contribution in [3.8, 4) is 0 Å². The summed E-state index contributed by atoms with van der Waals surface area (Å²) < 4.78 is 0. The van der Waals surface area contributed by atoms with E-state index in [2.05, 4.69) is 20.8 Å². The molecule has 18 heavy (non-hydrogen) atoms. The van der Waals surface area contributed by atoms with Crippen molar-refractivity contribution >= 4 is 5.78 Å². The van der Waals surface area contributed by atoms with Gasteiger partial charge in [-0.2, -0.15) is 0 Å². The molecule has 0 aliphatic heterocycles. The molecular formula is C16H30O2. The molecule has 1 saturated carbocycles. The lowest BCUT2D eigenvalue weighted by Crippen LogP contribution is -2.32. The quantitative estimate of drug-likeness (QED) is 0.728. The highest BCUT2D eigenvalue weighted by atomic mass is 16.2. The van der Waals surface area contributed by atoms with Crippen molar-refractivity contribution in [2.24, 2.45) is 17.3 Å². The van der Waals surface area contributed by atoms with E-state index in [1.54, 1.807) is 0 Å². The summed E-state index contributed by atoms with van der Waals surface area (Å²) >= 11 is 0. The maximum Gasteiger partial charge on any atom is 0.135 e. The Labute approximate surface area is 112 Å². The van der Waals surface area contributed by atoms with Gasteiger partial charge in [0.25, 0.3) is 0 Å². The SMILES string of the molecule is CC(C)(C)C1CCC(=O)C(CCCCCCO)C1. The van der Waals surface area contributed by atoms with E-state index in [0.29, 0.717) is 29.6 Å². The fraction of sp³-hybridized carbons (Fsp3) is 0.938. The molecule has 0 aromatic carbocycles. The normalized spacial score (nSPS) is 25.4. The first-order valence-electron chi connectivity index (χ1n) is 7.58. The summed E-state index contributed by atoms with van der Waals surface area (Å²) in [5.74, 6) is 1.52. The summed E-state index contributed by atoms with van der Waals surface area (Å²) in [6.45, 7) is 7.19. The highest BCUT2D eigenvalue weighted by Crippen LogP contribution is 2.40. The van der Waals surface area contributed by atoms with Gasteiger partial charge in [-0.3, -0.25) is 4.79 Å². The number of unbranched alkanes of at least 4 members (excludes halogenated alkanes) is 3. The molecule has 0 radical (unpaired) electrons. The van der Waals surface area contributed by atoms with Crippen molar-refractivity contribution in [3.05, 3.63) is 0 Å². The zero-order valence-corrected chi connectivity index (χ0v) is 12.4. The van der Waals surface area contributed by atoms with E-state index < -0.39 is 0 Å². The number of carbonyl (C=O) groups is 1. The van der Waals surface area contributed by atoms with Crippen LogP contribution in [-0.4, -0.2) is 17.5 Å². The van der Waals surface area contributed by atoms with Gasteiger partial charge in [-0.25, -0.2) is 0 Å². The second kappa shape index (κ2) is 7.28. The standard InChI is InChI=1S/C16H30O2/c1-16(2,3)14-9-10-15(18)13(12-14)8-6-4-5-7-11-17/h13-14,17H,4-12H2,1-3H3. The predicted molar refractivity (Wildman–Crippen MR) is 75.5 cm³/mol. The molecule has 2 heteroatoms. The molecule has 0 aromatic heterocycles. The summed E-state index contributed by atoms with van der Waals surface area (Å²) in [4.78, 5) is 11.9. The average molecular weight is 254 g/mol. The molecule has 1 fully saturated rings. The molecule has 0 heterocycles. The maximum atomic E-state index is 11.9. The number of hydrogen-bond donors (Lipinski definition) is 1. The number of aliphatic hydroxyl groups is 1. The molecule has 0 amide bonds. The van der Waals surface area contributed by atoms with Gasteiger partial charge < -0.3 is 5.11 Å². The second-order valence-electron chi connectivity index (χ2n) is 6.93. The maximum absolute atomic E-state index is 11.9. The van der Waals surface area contributed by atoms with E-state index in [1.165, 1.54) is 0 Å². The lowest BCUT2D eigenvalue weighted by Gasteiger charge is -2.37. The van der Waals surface area contributed by atoms with E-state index in [0.717, 1.165) is 51.4 Å². The van der Waals surface area contributed by atoms with Crippen molar-refractivity contribution in [1.82, 2.24) is 0 Å². The monoisotopic (exact) mass is 254 g/mol. The van der Waals surface area contributed by atoms with Crippen LogP contribution in [0.3, 0.4) is 0 Å². The smallest absolute Gasteiger partial charge is 0.135 e. The summed E-state index contributed by atoms with van der Waals surface area (Å²) in [7, 11) is 0. The van der Waals surface area contributed by atoms with Crippen LogP contribution in [0.1, 0.15) is 72.1 Å². The van der Waals surface area contributed by atoms with E-state index in [9.17, 15) is 4.79 Å². The first-order valence-corrected chi connectivity index (χ1v) is 7.58. The van der Waals surface area contributed by atoms with Gasteiger partial charge in [0.15, 0.2) is 0 Å². The predicted octanol–water partition coefficient (Wildman–Crippen LogP) is 3.96. The van der Waals surface area contributed by atoms with Crippen molar-refractivity contribution in [3.63, 3.8) is 0 Å². The van der Waals surface area contributed by atoms with Crippen LogP contribution < -0.4 is 0 Å². The van der Waals surface area contributed by atoms with Gasteiger partial charge in [0.05, 0.1) is 0 Å². The number of carbonyl (C=O) groups excluding carboxylic acids is 1. The zero-order valence-electron chi connectivity index (χ0n) is 12.4. The van der Waals surface area contributed by atoms with Crippen molar-refractivity contribution < 1.29 is 9.90 Å². The second-order valence-corrected chi connectivity index (χ2v) is 6.93. The van der Waals surface area contributed by atoms with Gasteiger partial charge in [0, 0.05) is 18.9 Å². The van der Waals surface area contributed by atoms with E-state index in [4.69, 9.17) is 5.11 Å². The minimum atomic E-state index is 0.300. The molecule has 0 spiro atoms. The van der Waals surface area contributed by atoms with Gasteiger partial charge in [-0.05, 0) is 37.0 Å². The van der Waals surface area contributed by atoms with Crippen LogP contribution in [0.4, 0.5) is 0 Å². The Kier molecular flexibility index (Phi) is 6.34. The molecule has 106 valence electrons. The fourth-order valence-corrected chi connectivity index (χ4v) is 3.03. The zero-order chi connectivity index (χ0) is 13.6. The van der Waals surface area contributed by atoms with Crippen LogP contribution >= 0.6 is 0 Å². The number of Topliss-reactive ketones (excluding diaryl/α,β-unsaturated/α-hetero) is 1. The van der Waals surface area contributed by atoms with Crippen LogP contribution in [0.25, 0.3) is 0 Å². The van der Waals surface area contributed by atoms with Crippen LogP contribution in [-0.2, 0) is 4.79 Å². The molecule has 1 N–H and O–H groups in total. The molecule has 1 aliphatic carbocycles. The number of rotatable bonds is 6. The number of aliphatic hydroxyl groups excluding tert-OH is 1. The third-order valence-corrected chi connectivity index (χ3v) is 4.45. The number of ketones is 1. The summed E-state index contributed by atoms with van der Waals surface area (Å²) in [5.41, 5.74) is 0.343. The highest BCUT2D eigenvalue weighted by Gasteiger charge is 2.34. The Bertz CT molecular complexity index is 252. The van der Waals surface area contributed by atoms with Crippen molar-refractivity contribution in [2.45, 2.75) is 72.1 Å². The van der Waals surface area contributed by atoms with E-state index >= 15 is 0 Å². The summed E-state index contributed by atoms with van der Waals surface area (Å²) in [5, 5.41) is 8.73. The first-order chi connectivity index (χ1) is 8.45. The van der Waals surface area contributed by atoms with Gasteiger partial charge in [-0.15, -0.1) is 0 Å². The molecule has 0 saturated heterocycles.